The number of carbonyl (C=O) groups excluding carboxylic acids is 3. The first-order valence-electron chi connectivity index (χ1n) is 7.32. The summed E-state index contributed by atoms with van der Waals surface area (Å²) in [6, 6.07) is -0.791. The van der Waals surface area contributed by atoms with Gasteiger partial charge in [0, 0.05) is 0 Å². The van der Waals surface area contributed by atoms with Crippen molar-refractivity contribution in [3.05, 3.63) is 0 Å². The van der Waals surface area contributed by atoms with E-state index in [0.29, 0.717) is 12.2 Å². The molecule has 0 aromatic rings. The van der Waals surface area contributed by atoms with Gasteiger partial charge in [-0.25, -0.2) is 9.59 Å². The molecule has 23 heavy (non-hydrogen) atoms. The quantitative estimate of drug-likeness (QED) is 0.680. The molecule has 0 saturated heterocycles. The third-order valence-electron chi connectivity index (χ3n) is 2.75. The predicted octanol–water partition coefficient (Wildman–Crippen LogP) is 1.70. The zero-order chi connectivity index (χ0) is 18.3. The molecule has 7 nitrogen and oxygen atoms in total. The number of hydrogen-bond donors (Lipinski definition) is 2. The fourth-order valence-electron chi connectivity index (χ4n) is 1.66. The zero-order valence-electron chi connectivity index (χ0n) is 14.9. The van der Waals surface area contributed by atoms with E-state index in [2.05, 4.69) is 15.4 Å². The summed E-state index contributed by atoms with van der Waals surface area (Å²) in [7, 11) is 1.25. The van der Waals surface area contributed by atoms with E-state index in [0.717, 1.165) is 0 Å². The van der Waals surface area contributed by atoms with Crippen molar-refractivity contribution in [2.75, 3.05) is 19.1 Å². The van der Waals surface area contributed by atoms with E-state index in [4.69, 9.17) is 4.74 Å². The minimum Gasteiger partial charge on any atom is -0.467 e. The van der Waals surface area contributed by atoms with E-state index in [1.54, 1.807) is 32.5 Å². The first kappa shape index (κ1) is 21.6. The van der Waals surface area contributed by atoms with Gasteiger partial charge in [0.1, 0.15) is 17.2 Å². The highest BCUT2D eigenvalue weighted by Crippen LogP contribution is 2.10. The second kappa shape index (κ2) is 9.00. The fraction of sp³-hybridized carbons (Fsp3) is 0.800. The molecule has 0 aliphatic carbocycles. The number of esters is 1. The summed E-state index contributed by atoms with van der Waals surface area (Å²) in [5.41, 5.74) is -1.84. The summed E-state index contributed by atoms with van der Waals surface area (Å²) in [5, 5.41) is 5.14. The molecule has 0 aromatic heterocycles. The van der Waals surface area contributed by atoms with Crippen molar-refractivity contribution in [1.29, 1.82) is 0 Å². The SMILES string of the molecule is COC(=O)C(C)(C)NC(=O)C(CCSC)NC(=O)OC(C)(C)C. The van der Waals surface area contributed by atoms with Gasteiger partial charge in [-0.2, -0.15) is 11.8 Å². The summed E-state index contributed by atoms with van der Waals surface area (Å²) < 4.78 is 9.82. The summed E-state index contributed by atoms with van der Waals surface area (Å²) in [4.78, 5) is 35.9. The van der Waals surface area contributed by atoms with Gasteiger partial charge < -0.3 is 20.1 Å². The molecule has 1 unspecified atom stereocenters. The Morgan fingerprint density at radius 2 is 1.70 bits per heavy atom. The van der Waals surface area contributed by atoms with Crippen LogP contribution in [-0.2, 0) is 19.1 Å². The Morgan fingerprint density at radius 1 is 1.13 bits per heavy atom. The van der Waals surface area contributed by atoms with Crippen LogP contribution >= 0.6 is 11.8 Å². The predicted molar refractivity (Wildman–Crippen MR) is 90.4 cm³/mol. The van der Waals surface area contributed by atoms with Gasteiger partial charge in [-0.15, -0.1) is 0 Å². The molecule has 0 saturated carbocycles. The van der Waals surface area contributed by atoms with Gasteiger partial charge in [0.05, 0.1) is 7.11 Å². The van der Waals surface area contributed by atoms with Crippen LogP contribution in [0.4, 0.5) is 4.79 Å². The minimum absolute atomic E-state index is 0.420. The lowest BCUT2D eigenvalue weighted by molar-refractivity contribution is -0.149. The highest BCUT2D eigenvalue weighted by Gasteiger charge is 2.34. The monoisotopic (exact) mass is 348 g/mol. The summed E-state index contributed by atoms with van der Waals surface area (Å²) in [6.45, 7) is 8.30. The highest BCUT2D eigenvalue weighted by atomic mass is 32.2. The van der Waals surface area contributed by atoms with Crippen LogP contribution in [0.1, 0.15) is 41.0 Å². The topological polar surface area (TPSA) is 93.7 Å². The average Bonchev–Trinajstić information content (AvgIpc) is 2.39. The van der Waals surface area contributed by atoms with E-state index in [1.165, 1.54) is 21.0 Å². The van der Waals surface area contributed by atoms with Crippen molar-refractivity contribution in [3.63, 3.8) is 0 Å². The Bertz CT molecular complexity index is 432. The zero-order valence-corrected chi connectivity index (χ0v) is 15.8. The molecule has 0 aliphatic rings. The van der Waals surface area contributed by atoms with Crippen LogP contribution in [0.5, 0.6) is 0 Å². The van der Waals surface area contributed by atoms with E-state index < -0.39 is 35.2 Å². The molecular formula is C15H28N2O5S. The standard InChI is InChI=1S/C15H28N2O5S/c1-14(2,3)22-13(20)16-10(8-9-23-7)11(18)17-15(4,5)12(19)21-6/h10H,8-9H2,1-7H3,(H,16,20)(H,17,18). The Morgan fingerprint density at radius 3 is 2.13 bits per heavy atom. The lowest BCUT2D eigenvalue weighted by Crippen LogP contribution is -2.57. The maximum atomic E-state index is 12.4. The molecule has 134 valence electrons. The van der Waals surface area contributed by atoms with Crippen LogP contribution in [0.3, 0.4) is 0 Å². The third-order valence-corrected chi connectivity index (χ3v) is 3.39. The smallest absolute Gasteiger partial charge is 0.408 e. The number of alkyl carbamates (subject to hydrolysis) is 1. The van der Waals surface area contributed by atoms with Gasteiger partial charge in [0.15, 0.2) is 0 Å². The summed E-state index contributed by atoms with van der Waals surface area (Å²) in [6.07, 6.45) is 1.65. The molecule has 0 aromatic carbocycles. The molecule has 0 bridgehead atoms. The normalized spacial score (nSPS) is 13.0. The van der Waals surface area contributed by atoms with Gasteiger partial charge in [-0.3, -0.25) is 4.79 Å². The van der Waals surface area contributed by atoms with Crippen LogP contribution in [0.2, 0.25) is 0 Å². The Kier molecular flexibility index (Phi) is 8.44. The Hall–Kier alpha value is -1.44. The van der Waals surface area contributed by atoms with Gasteiger partial charge in [-0.1, -0.05) is 0 Å². The number of amides is 2. The number of hydrogen-bond acceptors (Lipinski definition) is 6. The maximum absolute atomic E-state index is 12.4. The number of nitrogens with one attached hydrogen (secondary N) is 2. The lowest BCUT2D eigenvalue weighted by Gasteiger charge is -2.27. The molecule has 0 fully saturated rings. The van der Waals surface area contributed by atoms with E-state index in [9.17, 15) is 14.4 Å². The first-order valence-corrected chi connectivity index (χ1v) is 8.71. The summed E-state index contributed by atoms with van der Waals surface area (Å²) >= 11 is 1.55. The molecular weight excluding hydrogens is 320 g/mol. The molecule has 0 rings (SSSR count). The fourth-order valence-corrected chi connectivity index (χ4v) is 2.13. The molecule has 1 atom stereocenters. The largest absolute Gasteiger partial charge is 0.467 e. The van der Waals surface area contributed by atoms with Crippen molar-refractivity contribution in [1.82, 2.24) is 10.6 Å². The van der Waals surface area contributed by atoms with Crippen LogP contribution < -0.4 is 10.6 Å². The molecule has 0 heterocycles. The van der Waals surface area contributed by atoms with Gasteiger partial charge in [-0.05, 0) is 53.0 Å². The molecule has 0 aliphatic heterocycles. The number of methoxy groups -OCH3 is 1. The lowest BCUT2D eigenvalue weighted by atomic mass is 10.0. The number of ether oxygens (including phenoxy) is 2. The van der Waals surface area contributed by atoms with Gasteiger partial charge >= 0.3 is 12.1 Å². The minimum atomic E-state index is -1.18. The molecule has 0 radical (unpaired) electrons. The van der Waals surface area contributed by atoms with Crippen molar-refractivity contribution in [2.45, 2.75) is 58.2 Å². The number of rotatable bonds is 7. The van der Waals surface area contributed by atoms with Crippen molar-refractivity contribution in [2.24, 2.45) is 0 Å². The third kappa shape index (κ3) is 8.68. The first-order chi connectivity index (χ1) is 10.4. The number of carbonyl (C=O) groups is 3. The molecule has 2 N–H and O–H groups in total. The van der Waals surface area contributed by atoms with Gasteiger partial charge in [0.25, 0.3) is 0 Å². The molecule has 2 amide bonds. The number of thioether (sulfide) groups is 1. The van der Waals surface area contributed by atoms with Crippen molar-refractivity contribution < 1.29 is 23.9 Å². The van der Waals surface area contributed by atoms with Crippen LogP contribution in [0.15, 0.2) is 0 Å². The maximum Gasteiger partial charge on any atom is 0.408 e. The molecule has 0 spiro atoms. The van der Waals surface area contributed by atoms with Crippen LogP contribution in [-0.4, -0.2) is 54.3 Å². The molecule has 8 heteroatoms. The van der Waals surface area contributed by atoms with Crippen LogP contribution in [0, 0.1) is 0 Å². The second-order valence-electron chi connectivity index (χ2n) is 6.59. The van der Waals surface area contributed by atoms with Gasteiger partial charge in [0.2, 0.25) is 5.91 Å². The van der Waals surface area contributed by atoms with E-state index in [1.807, 2.05) is 6.26 Å². The average molecular weight is 348 g/mol. The van der Waals surface area contributed by atoms with Crippen LogP contribution in [0.25, 0.3) is 0 Å². The van der Waals surface area contributed by atoms with Crippen molar-refractivity contribution >= 4 is 29.7 Å². The van der Waals surface area contributed by atoms with E-state index >= 15 is 0 Å². The van der Waals surface area contributed by atoms with Crippen molar-refractivity contribution in [3.8, 4) is 0 Å². The Labute approximate surface area is 142 Å². The van der Waals surface area contributed by atoms with E-state index in [-0.39, 0.29) is 0 Å². The highest BCUT2D eigenvalue weighted by molar-refractivity contribution is 7.98. The Balaban J connectivity index is 4.92. The summed E-state index contributed by atoms with van der Waals surface area (Å²) in [5.74, 6) is -0.348. The second-order valence-corrected chi connectivity index (χ2v) is 7.57.